The maximum absolute atomic E-state index is 13.3. The fraction of sp³-hybridized carbons (Fsp3) is 0.316. The molecular formula is C19H20FN5. The molecular weight excluding hydrogens is 317 g/mol. The summed E-state index contributed by atoms with van der Waals surface area (Å²) in [4.78, 5) is 13.7. The number of rotatable bonds is 4. The zero-order chi connectivity index (χ0) is 17.2. The lowest BCUT2D eigenvalue weighted by molar-refractivity contribution is 0.628. The van der Waals surface area contributed by atoms with Crippen LogP contribution in [0.3, 0.4) is 0 Å². The fourth-order valence-corrected chi connectivity index (χ4v) is 3.31. The third-order valence-electron chi connectivity index (χ3n) is 4.67. The van der Waals surface area contributed by atoms with E-state index in [-0.39, 0.29) is 5.82 Å². The van der Waals surface area contributed by atoms with E-state index in [0.29, 0.717) is 12.0 Å². The van der Waals surface area contributed by atoms with Crippen LogP contribution >= 0.6 is 0 Å². The summed E-state index contributed by atoms with van der Waals surface area (Å²) in [6.07, 6.45) is 10.2. The molecule has 25 heavy (non-hydrogen) atoms. The van der Waals surface area contributed by atoms with Crippen molar-refractivity contribution in [1.29, 1.82) is 0 Å². The highest BCUT2D eigenvalue weighted by atomic mass is 19.1. The number of nitrogens with zero attached hydrogens (tertiary/aromatic N) is 4. The highest BCUT2D eigenvalue weighted by molar-refractivity contribution is 5.78. The Hall–Kier alpha value is -2.76. The molecule has 1 fully saturated rings. The summed E-state index contributed by atoms with van der Waals surface area (Å²) in [5.74, 6) is 1.12. The van der Waals surface area contributed by atoms with Gasteiger partial charge in [-0.15, -0.1) is 0 Å². The van der Waals surface area contributed by atoms with Crippen molar-refractivity contribution in [2.24, 2.45) is 7.05 Å². The van der Waals surface area contributed by atoms with Crippen molar-refractivity contribution in [2.75, 3.05) is 5.32 Å². The van der Waals surface area contributed by atoms with E-state index in [4.69, 9.17) is 4.98 Å². The topological polar surface area (TPSA) is 55.6 Å². The lowest BCUT2D eigenvalue weighted by Gasteiger charge is -2.14. The van der Waals surface area contributed by atoms with E-state index in [2.05, 4.69) is 15.3 Å². The first kappa shape index (κ1) is 15.7. The van der Waals surface area contributed by atoms with Gasteiger partial charge in [0.25, 0.3) is 0 Å². The molecule has 1 aliphatic carbocycles. The summed E-state index contributed by atoms with van der Waals surface area (Å²) in [5, 5.41) is 3.43. The second-order valence-electron chi connectivity index (χ2n) is 6.45. The molecule has 0 aliphatic heterocycles. The van der Waals surface area contributed by atoms with Crippen LogP contribution in [-0.4, -0.2) is 25.6 Å². The molecule has 0 spiro atoms. The van der Waals surface area contributed by atoms with Crippen LogP contribution < -0.4 is 5.32 Å². The van der Waals surface area contributed by atoms with Gasteiger partial charge in [0.1, 0.15) is 11.5 Å². The molecule has 1 N–H and O–H groups in total. The van der Waals surface area contributed by atoms with Crippen LogP contribution in [0.1, 0.15) is 25.7 Å². The minimum absolute atomic E-state index is 0.261. The van der Waals surface area contributed by atoms with E-state index in [9.17, 15) is 4.39 Å². The molecule has 0 unspecified atom stereocenters. The number of hydrogen-bond acceptors (Lipinski definition) is 4. The van der Waals surface area contributed by atoms with Gasteiger partial charge in [-0.3, -0.25) is 0 Å². The van der Waals surface area contributed by atoms with Gasteiger partial charge in [-0.1, -0.05) is 25.0 Å². The summed E-state index contributed by atoms with van der Waals surface area (Å²) in [7, 11) is 1.93. The summed E-state index contributed by atoms with van der Waals surface area (Å²) in [6, 6.07) is 6.81. The normalized spacial score (nSPS) is 14.8. The van der Waals surface area contributed by atoms with Gasteiger partial charge in [0.05, 0.1) is 0 Å². The predicted octanol–water partition coefficient (Wildman–Crippen LogP) is 4.04. The first-order chi connectivity index (χ1) is 12.2. The monoisotopic (exact) mass is 337 g/mol. The molecule has 4 rings (SSSR count). The van der Waals surface area contributed by atoms with E-state index >= 15 is 0 Å². The van der Waals surface area contributed by atoms with Crippen LogP contribution in [0.5, 0.6) is 0 Å². The maximum Gasteiger partial charge on any atom is 0.223 e. The number of halogens is 1. The van der Waals surface area contributed by atoms with Crippen LogP contribution in [0, 0.1) is 5.82 Å². The number of hydrogen-bond donors (Lipinski definition) is 1. The number of imidazole rings is 1. The van der Waals surface area contributed by atoms with E-state index in [1.807, 2.05) is 17.8 Å². The minimum Gasteiger partial charge on any atom is -0.351 e. The van der Waals surface area contributed by atoms with Gasteiger partial charge in [-0.05, 0) is 30.5 Å². The third-order valence-corrected chi connectivity index (χ3v) is 4.67. The number of aromatic nitrogens is 4. The first-order valence-electron chi connectivity index (χ1n) is 8.58. The van der Waals surface area contributed by atoms with Crippen LogP contribution in [0.2, 0.25) is 0 Å². The molecule has 2 aromatic heterocycles. The van der Waals surface area contributed by atoms with E-state index in [0.717, 1.165) is 35.5 Å². The van der Waals surface area contributed by atoms with E-state index in [1.54, 1.807) is 24.5 Å². The Kier molecular flexibility index (Phi) is 4.17. The zero-order valence-electron chi connectivity index (χ0n) is 14.1. The Balaban J connectivity index is 1.77. The maximum atomic E-state index is 13.3. The van der Waals surface area contributed by atoms with Crippen LogP contribution in [0.4, 0.5) is 10.3 Å². The summed E-state index contributed by atoms with van der Waals surface area (Å²) in [6.45, 7) is 0. The zero-order valence-corrected chi connectivity index (χ0v) is 14.1. The Morgan fingerprint density at radius 3 is 2.56 bits per heavy atom. The number of benzene rings is 1. The highest BCUT2D eigenvalue weighted by Crippen LogP contribution is 2.30. The van der Waals surface area contributed by atoms with Gasteiger partial charge in [0, 0.05) is 37.2 Å². The standard InChI is InChI=1S/C19H20FN5/c1-25-11-10-21-18(25)17-16(13-6-8-14(20)9-7-13)12-22-19(24-17)23-15-4-2-3-5-15/h6-12,15H,2-5H2,1H3,(H,22,23,24). The molecule has 1 aromatic carbocycles. The lowest BCUT2D eigenvalue weighted by Crippen LogP contribution is -2.17. The van der Waals surface area contributed by atoms with Crippen molar-refractivity contribution < 1.29 is 4.39 Å². The molecule has 2 heterocycles. The largest absolute Gasteiger partial charge is 0.351 e. The van der Waals surface area contributed by atoms with Gasteiger partial charge >= 0.3 is 0 Å². The SMILES string of the molecule is Cn1ccnc1-c1nc(NC2CCCC2)ncc1-c1ccc(F)cc1. The molecule has 5 nitrogen and oxygen atoms in total. The summed E-state index contributed by atoms with van der Waals surface area (Å²) < 4.78 is 15.2. The Morgan fingerprint density at radius 2 is 1.88 bits per heavy atom. The van der Waals surface area contributed by atoms with Gasteiger partial charge in [-0.25, -0.2) is 19.3 Å². The molecule has 0 bridgehead atoms. The van der Waals surface area contributed by atoms with Gasteiger partial charge in [-0.2, -0.15) is 0 Å². The second-order valence-corrected chi connectivity index (χ2v) is 6.45. The highest BCUT2D eigenvalue weighted by Gasteiger charge is 2.19. The molecule has 128 valence electrons. The van der Waals surface area contributed by atoms with E-state index < -0.39 is 0 Å². The van der Waals surface area contributed by atoms with Crippen LogP contribution in [0.25, 0.3) is 22.6 Å². The minimum atomic E-state index is -0.261. The molecule has 0 amide bonds. The molecule has 6 heteroatoms. The Labute approximate surface area is 146 Å². The molecule has 0 radical (unpaired) electrons. The molecule has 0 atom stereocenters. The van der Waals surface area contributed by atoms with Crippen molar-refractivity contribution in [3.8, 4) is 22.6 Å². The van der Waals surface area contributed by atoms with E-state index in [1.165, 1.54) is 25.0 Å². The van der Waals surface area contributed by atoms with Gasteiger partial charge in [0.15, 0.2) is 5.82 Å². The second kappa shape index (κ2) is 6.63. The van der Waals surface area contributed by atoms with Crippen molar-refractivity contribution in [3.05, 3.63) is 48.7 Å². The van der Waals surface area contributed by atoms with Crippen molar-refractivity contribution in [1.82, 2.24) is 19.5 Å². The fourth-order valence-electron chi connectivity index (χ4n) is 3.31. The van der Waals surface area contributed by atoms with Crippen molar-refractivity contribution in [2.45, 2.75) is 31.7 Å². The molecule has 1 aliphatic rings. The Morgan fingerprint density at radius 1 is 1.12 bits per heavy atom. The number of anilines is 1. The van der Waals surface area contributed by atoms with Crippen LogP contribution in [0.15, 0.2) is 42.9 Å². The average molecular weight is 337 g/mol. The predicted molar refractivity (Wildman–Crippen MR) is 95.5 cm³/mol. The summed E-state index contributed by atoms with van der Waals surface area (Å²) >= 11 is 0. The lowest BCUT2D eigenvalue weighted by atomic mass is 10.1. The number of nitrogens with one attached hydrogen (secondary N) is 1. The van der Waals surface area contributed by atoms with Crippen molar-refractivity contribution >= 4 is 5.95 Å². The third kappa shape index (κ3) is 3.24. The Bertz CT molecular complexity index is 866. The molecule has 1 saturated carbocycles. The number of aryl methyl sites for hydroxylation is 1. The smallest absolute Gasteiger partial charge is 0.223 e. The van der Waals surface area contributed by atoms with Crippen molar-refractivity contribution in [3.63, 3.8) is 0 Å². The molecule has 0 saturated heterocycles. The quantitative estimate of drug-likeness (QED) is 0.781. The van der Waals surface area contributed by atoms with Gasteiger partial charge in [0.2, 0.25) is 5.95 Å². The van der Waals surface area contributed by atoms with Gasteiger partial charge < -0.3 is 9.88 Å². The van der Waals surface area contributed by atoms with Crippen LogP contribution in [-0.2, 0) is 7.05 Å². The molecule has 3 aromatic rings. The summed E-state index contributed by atoms with van der Waals surface area (Å²) in [5.41, 5.74) is 2.45. The first-order valence-corrected chi connectivity index (χ1v) is 8.58. The average Bonchev–Trinajstić information content (AvgIpc) is 3.27.